The van der Waals surface area contributed by atoms with Crippen molar-refractivity contribution < 1.29 is 37.3 Å². The van der Waals surface area contributed by atoms with E-state index in [0.29, 0.717) is 32.0 Å². The number of anilines is 1. The average molecular weight is 682 g/mol. The first-order valence-electron chi connectivity index (χ1n) is 16.5. The van der Waals surface area contributed by atoms with E-state index >= 15 is 0 Å². The molecule has 0 saturated heterocycles. The number of likely N-dealkylation sites (N-methyl/N-ethyl adjacent to an activating group) is 1. The standard InChI is InChI=1S/C36H47N3O8S/c1-25-20-39(26(2)23-40)36(41)31-19-29(37-48(42,43)30-11-6-5-7-12-30)14-16-32(31)47-27(3)10-8-9-17-44-35(25)22-38(4)21-28-13-15-33-34(18-28)46-24-45-33/h5-7,11-16,18-19,25-27,35,37,40H,8-10,17,20-24H2,1-4H3/t25-,26-,27+,35+/m0/s1. The van der Waals surface area contributed by atoms with Gasteiger partial charge in [-0.2, -0.15) is 0 Å². The fourth-order valence-electron chi connectivity index (χ4n) is 5.99. The molecule has 0 aromatic heterocycles. The van der Waals surface area contributed by atoms with Crippen LogP contribution in [0.2, 0.25) is 0 Å². The van der Waals surface area contributed by atoms with E-state index in [-0.39, 0.29) is 53.6 Å². The van der Waals surface area contributed by atoms with Crippen molar-refractivity contribution in [2.24, 2.45) is 5.92 Å². The number of ether oxygens (including phenoxy) is 4. The van der Waals surface area contributed by atoms with Crippen LogP contribution in [0.4, 0.5) is 5.69 Å². The van der Waals surface area contributed by atoms with Crippen molar-refractivity contribution in [1.29, 1.82) is 0 Å². The zero-order valence-electron chi connectivity index (χ0n) is 28.1. The van der Waals surface area contributed by atoms with Crippen LogP contribution >= 0.6 is 0 Å². The molecule has 0 bridgehead atoms. The molecule has 12 heteroatoms. The van der Waals surface area contributed by atoms with Crippen LogP contribution in [0, 0.1) is 5.92 Å². The lowest BCUT2D eigenvalue weighted by molar-refractivity contribution is -0.0177. The maximum absolute atomic E-state index is 14.4. The molecule has 260 valence electrons. The van der Waals surface area contributed by atoms with E-state index in [0.717, 1.165) is 36.3 Å². The molecule has 0 unspecified atom stereocenters. The smallest absolute Gasteiger partial charge is 0.261 e. The van der Waals surface area contributed by atoms with Crippen molar-refractivity contribution in [3.63, 3.8) is 0 Å². The lowest BCUT2D eigenvalue weighted by Crippen LogP contribution is -2.47. The molecule has 48 heavy (non-hydrogen) atoms. The van der Waals surface area contributed by atoms with E-state index < -0.39 is 16.1 Å². The van der Waals surface area contributed by atoms with Gasteiger partial charge in [0, 0.05) is 37.8 Å². The predicted molar refractivity (Wildman–Crippen MR) is 183 cm³/mol. The highest BCUT2D eigenvalue weighted by Crippen LogP contribution is 2.33. The van der Waals surface area contributed by atoms with Crippen LogP contribution in [-0.4, -0.2) is 87.6 Å². The Morgan fingerprint density at radius 3 is 2.52 bits per heavy atom. The molecule has 2 N–H and O–H groups in total. The van der Waals surface area contributed by atoms with Crippen LogP contribution in [0.3, 0.4) is 0 Å². The van der Waals surface area contributed by atoms with E-state index in [4.69, 9.17) is 18.9 Å². The van der Waals surface area contributed by atoms with E-state index in [1.54, 1.807) is 42.2 Å². The van der Waals surface area contributed by atoms with Gasteiger partial charge in [-0.3, -0.25) is 14.4 Å². The highest BCUT2D eigenvalue weighted by atomic mass is 32.2. The molecule has 2 heterocycles. The van der Waals surface area contributed by atoms with Gasteiger partial charge in [0.05, 0.1) is 35.3 Å². The number of hydrogen-bond acceptors (Lipinski definition) is 9. The van der Waals surface area contributed by atoms with Crippen molar-refractivity contribution in [2.75, 3.05) is 44.9 Å². The molecule has 0 spiro atoms. The number of aliphatic hydroxyl groups is 1. The van der Waals surface area contributed by atoms with Gasteiger partial charge in [0.2, 0.25) is 6.79 Å². The average Bonchev–Trinajstić information content (AvgIpc) is 3.54. The van der Waals surface area contributed by atoms with Crippen molar-refractivity contribution in [3.05, 3.63) is 77.9 Å². The zero-order chi connectivity index (χ0) is 34.3. The SMILES string of the molecule is C[C@@H]1CCCCO[C@H](CN(C)Cc2ccc3c(c2)OCO3)[C@@H](C)CN([C@@H](C)CO)C(=O)c2cc(NS(=O)(=O)c3ccccc3)ccc2O1. The molecule has 0 saturated carbocycles. The molecule has 3 aromatic carbocycles. The Labute approximate surface area is 283 Å². The summed E-state index contributed by atoms with van der Waals surface area (Å²) in [5.41, 5.74) is 1.54. The first-order chi connectivity index (χ1) is 23.0. The number of benzene rings is 3. The summed E-state index contributed by atoms with van der Waals surface area (Å²) in [4.78, 5) is 18.3. The summed E-state index contributed by atoms with van der Waals surface area (Å²) in [6.07, 6.45) is 2.08. The Bertz CT molecular complexity index is 1640. The van der Waals surface area contributed by atoms with Gasteiger partial charge >= 0.3 is 0 Å². The topological polar surface area (TPSA) is 127 Å². The number of aliphatic hydroxyl groups excluding tert-OH is 1. The number of amides is 1. The van der Waals surface area contributed by atoms with Gasteiger partial charge in [0.25, 0.3) is 15.9 Å². The number of carbonyl (C=O) groups excluding carboxylic acids is 1. The second-order valence-corrected chi connectivity index (χ2v) is 14.5. The van der Waals surface area contributed by atoms with Gasteiger partial charge in [-0.1, -0.05) is 31.2 Å². The summed E-state index contributed by atoms with van der Waals surface area (Å²) in [5.74, 6) is 1.38. The zero-order valence-corrected chi connectivity index (χ0v) is 28.9. The molecule has 0 fully saturated rings. The quantitative estimate of drug-likeness (QED) is 0.316. The Morgan fingerprint density at radius 2 is 1.75 bits per heavy atom. The van der Waals surface area contributed by atoms with Gasteiger partial charge in [-0.05, 0) is 88.2 Å². The lowest BCUT2D eigenvalue weighted by Gasteiger charge is -2.36. The molecule has 0 aliphatic carbocycles. The number of rotatable bonds is 9. The third-order valence-corrected chi connectivity index (χ3v) is 10.1. The van der Waals surface area contributed by atoms with E-state index in [1.807, 2.05) is 32.2 Å². The van der Waals surface area contributed by atoms with Crippen LogP contribution in [0.1, 0.15) is 56.0 Å². The minimum Gasteiger partial charge on any atom is -0.490 e. The molecule has 5 rings (SSSR count). The number of nitrogens with one attached hydrogen (secondary N) is 1. The van der Waals surface area contributed by atoms with E-state index in [9.17, 15) is 18.3 Å². The van der Waals surface area contributed by atoms with Gasteiger partial charge in [-0.25, -0.2) is 8.42 Å². The highest BCUT2D eigenvalue weighted by molar-refractivity contribution is 7.92. The first-order valence-corrected chi connectivity index (χ1v) is 18.0. The summed E-state index contributed by atoms with van der Waals surface area (Å²) in [6, 6.07) is 18.3. The van der Waals surface area contributed by atoms with Gasteiger partial charge in [-0.15, -0.1) is 0 Å². The predicted octanol–water partition coefficient (Wildman–Crippen LogP) is 5.14. The molecule has 11 nitrogen and oxygen atoms in total. The molecule has 2 aliphatic heterocycles. The monoisotopic (exact) mass is 681 g/mol. The normalized spacial score (nSPS) is 21.2. The Morgan fingerprint density at radius 1 is 1.00 bits per heavy atom. The van der Waals surface area contributed by atoms with Crippen LogP contribution in [-0.2, 0) is 21.3 Å². The fourth-order valence-corrected chi connectivity index (χ4v) is 7.06. The summed E-state index contributed by atoms with van der Waals surface area (Å²) in [5, 5.41) is 10.3. The maximum Gasteiger partial charge on any atom is 0.261 e. The van der Waals surface area contributed by atoms with Crippen LogP contribution < -0.4 is 18.9 Å². The fraction of sp³-hybridized carbons (Fsp3) is 0.472. The number of fused-ring (bicyclic) bond motifs is 2. The van der Waals surface area contributed by atoms with Crippen LogP contribution in [0.5, 0.6) is 17.2 Å². The van der Waals surface area contributed by atoms with Crippen LogP contribution in [0.25, 0.3) is 0 Å². The lowest BCUT2D eigenvalue weighted by atomic mass is 10.0. The molecular weight excluding hydrogens is 634 g/mol. The minimum absolute atomic E-state index is 0.104. The molecule has 1 amide bonds. The van der Waals surface area contributed by atoms with Crippen molar-refractivity contribution in [1.82, 2.24) is 9.80 Å². The molecule has 4 atom stereocenters. The van der Waals surface area contributed by atoms with Crippen molar-refractivity contribution >= 4 is 21.6 Å². The molecule has 3 aromatic rings. The van der Waals surface area contributed by atoms with Crippen molar-refractivity contribution in [2.45, 2.75) is 69.7 Å². The second-order valence-electron chi connectivity index (χ2n) is 12.8. The van der Waals surface area contributed by atoms with Gasteiger partial charge < -0.3 is 29.0 Å². The molecule has 0 radical (unpaired) electrons. The molecule has 2 aliphatic rings. The number of hydrogen-bond donors (Lipinski definition) is 2. The number of sulfonamides is 1. The second kappa shape index (κ2) is 16.0. The Hall–Kier alpha value is -3.84. The largest absolute Gasteiger partial charge is 0.490 e. The third-order valence-electron chi connectivity index (χ3n) is 8.74. The third kappa shape index (κ3) is 8.98. The Balaban J connectivity index is 1.40. The summed E-state index contributed by atoms with van der Waals surface area (Å²) < 4.78 is 52.7. The highest BCUT2D eigenvalue weighted by Gasteiger charge is 2.31. The molecular formula is C36H47N3O8S. The van der Waals surface area contributed by atoms with Crippen LogP contribution in [0.15, 0.2) is 71.6 Å². The summed E-state index contributed by atoms with van der Waals surface area (Å²) >= 11 is 0. The maximum atomic E-state index is 14.4. The Kier molecular flexibility index (Phi) is 11.9. The van der Waals surface area contributed by atoms with Gasteiger partial charge in [0.15, 0.2) is 11.5 Å². The minimum atomic E-state index is -3.90. The first kappa shape index (κ1) is 35.5. The summed E-state index contributed by atoms with van der Waals surface area (Å²) in [6.45, 7) is 7.94. The number of nitrogens with zero attached hydrogens (tertiary/aromatic N) is 2. The van der Waals surface area contributed by atoms with E-state index in [1.165, 1.54) is 18.2 Å². The summed E-state index contributed by atoms with van der Waals surface area (Å²) in [7, 11) is -1.85. The number of carbonyl (C=O) groups is 1. The van der Waals surface area contributed by atoms with Crippen molar-refractivity contribution in [3.8, 4) is 17.2 Å². The van der Waals surface area contributed by atoms with Gasteiger partial charge in [0.1, 0.15) is 5.75 Å². The van der Waals surface area contributed by atoms with E-state index in [2.05, 4.69) is 16.5 Å².